The highest BCUT2D eigenvalue weighted by Gasteiger charge is 2.09. The van der Waals surface area contributed by atoms with E-state index in [-0.39, 0.29) is 0 Å². The van der Waals surface area contributed by atoms with Gasteiger partial charge in [-0.05, 0) is 12.2 Å². The van der Waals surface area contributed by atoms with Crippen molar-refractivity contribution in [1.82, 2.24) is 0 Å². The fourth-order valence-corrected chi connectivity index (χ4v) is 0.916. The van der Waals surface area contributed by atoms with Crippen molar-refractivity contribution in [3.05, 3.63) is 0 Å². The summed E-state index contributed by atoms with van der Waals surface area (Å²) in [5, 5.41) is 8.15. The van der Waals surface area contributed by atoms with Crippen LogP contribution in [0.2, 0.25) is 0 Å². The summed E-state index contributed by atoms with van der Waals surface area (Å²) in [4.78, 5) is 20.3. The maximum absolute atomic E-state index is 10.3. The number of hydrogen-bond donors (Lipinski definition) is 5. The molecule has 0 radical (unpaired) electrons. The van der Waals surface area contributed by atoms with E-state index in [1.807, 2.05) is 0 Å². The zero-order valence-electron chi connectivity index (χ0n) is 9.00. The Morgan fingerprint density at radius 2 is 1.81 bits per heavy atom. The third-order valence-electron chi connectivity index (χ3n) is 1.46. The molecular formula is C8H18N2O4S2. The van der Waals surface area contributed by atoms with Crippen molar-refractivity contribution >= 4 is 37.2 Å². The van der Waals surface area contributed by atoms with Gasteiger partial charge in [0.05, 0.1) is 7.11 Å². The van der Waals surface area contributed by atoms with Crippen LogP contribution >= 0.6 is 25.3 Å². The Balaban J connectivity index is 0. The number of aliphatic carboxylic acids is 1. The minimum absolute atomic E-state index is 0.326. The zero-order valence-corrected chi connectivity index (χ0v) is 10.8. The van der Waals surface area contributed by atoms with Gasteiger partial charge >= 0.3 is 11.9 Å². The van der Waals surface area contributed by atoms with E-state index in [1.165, 1.54) is 7.11 Å². The van der Waals surface area contributed by atoms with Crippen LogP contribution in [-0.2, 0) is 14.3 Å². The second-order valence-electron chi connectivity index (χ2n) is 2.77. The molecule has 0 aliphatic rings. The molecule has 0 saturated heterocycles. The second-order valence-corrected chi connectivity index (χ2v) is 3.58. The molecular weight excluding hydrogens is 252 g/mol. The third-order valence-corrected chi connectivity index (χ3v) is 2.11. The molecule has 0 aromatic heterocycles. The number of nitrogens with two attached hydrogens (primary N) is 2. The van der Waals surface area contributed by atoms with Crippen molar-refractivity contribution in [1.29, 1.82) is 0 Å². The normalized spacial score (nSPS) is 13.1. The van der Waals surface area contributed by atoms with Gasteiger partial charge in [-0.3, -0.25) is 9.59 Å². The van der Waals surface area contributed by atoms with Gasteiger partial charge in [-0.25, -0.2) is 0 Å². The maximum Gasteiger partial charge on any atom is 0.323 e. The Morgan fingerprint density at radius 1 is 1.31 bits per heavy atom. The molecule has 0 aliphatic carbocycles. The summed E-state index contributed by atoms with van der Waals surface area (Å²) in [7, 11) is 1.30. The summed E-state index contributed by atoms with van der Waals surface area (Å²) in [6, 6.07) is -1.32. The van der Waals surface area contributed by atoms with Gasteiger partial charge in [-0.15, -0.1) is 0 Å². The molecule has 0 aromatic carbocycles. The van der Waals surface area contributed by atoms with Crippen molar-refractivity contribution in [3.63, 3.8) is 0 Å². The van der Waals surface area contributed by atoms with Crippen LogP contribution in [0.25, 0.3) is 0 Å². The number of esters is 1. The molecule has 0 aliphatic heterocycles. The third kappa shape index (κ3) is 10.1. The Labute approximate surface area is 106 Å². The number of carboxylic acid groups (broad SMARTS) is 1. The van der Waals surface area contributed by atoms with Crippen molar-refractivity contribution in [3.8, 4) is 0 Å². The largest absolute Gasteiger partial charge is 0.480 e. The molecule has 8 heteroatoms. The molecule has 0 aromatic rings. The number of rotatable bonds is 5. The number of ether oxygens (including phenoxy) is 1. The standard InChI is InChI=1S/2C4H9NO2S/c1-7-4(6)3(5)2-8;5-3(1-2-8)4(6)7/h3,8H,2,5H2,1H3;3,8H,1-2,5H2,(H,6,7)/t3-;/m0./s1. The van der Waals surface area contributed by atoms with Gasteiger partial charge in [-0.2, -0.15) is 25.3 Å². The lowest BCUT2D eigenvalue weighted by molar-refractivity contribution is -0.141. The SMILES string of the molecule is COC(=O)[C@@H](N)CS.NC(CCS)C(=O)O. The van der Waals surface area contributed by atoms with E-state index in [2.05, 4.69) is 30.0 Å². The van der Waals surface area contributed by atoms with Crippen LogP contribution in [-0.4, -0.2) is 47.7 Å². The number of hydrogen-bond acceptors (Lipinski definition) is 7. The molecule has 0 heterocycles. The number of carboxylic acids is 1. The molecule has 1 unspecified atom stereocenters. The monoisotopic (exact) mass is 270 g/mol. The number of carbonyl (C=O) groups is 2. The molecule has 5 N–H and O–H groups in total. The zero-order chi connectivity index (χ0) is 13.1. The predicted octanol–water partition coefficient (Wildman–Crippen LogP) is -0.865. The molecule has 0 bridgehead atoms. The smallest absolute Gasteiger partial charge is 0.323 e. The lowest BCUT2D eigenvalue weighted by Gasteiger charge is -2.02. The van der Waals surface area contributed by atoms with Gasteiger partial charge in [0.1, 0.15) is 12.1 Å². The summed E-state index contributed by atoms with van der Waals surface area (Å²) in [5.41, 5.74) is 10.3. The molecule has 96 valence electrons. The van der Waals surface area contributed by atoms with Crippen molar-refractivity contribution in [2.24, 2.45) is 11.5 Å². The highest BCUT2D eigenvalue weighted by molar-refractivity contribution is 7.80. The van der Waals surface area contributed by atoms with E-state index in [1.54, 1.807) is 0 Å². The maximum atomic E-state index is 10.3. The highest BCUT2D eigenvalue weighted by atomic mass is 32.1. The van der Waals surface area contributed by atoms with Crippen molar-refractivity contribution in [2.75, 3.05) is 18.6 Å². The van der Waals surface area contributed by atoms with Crippen LogP contribution in [0.15, 0.2) is 0 Å². The minimum Gasteiger partial charge on any atom is -0.480 e. The van der Waals surface area contributed by atoms with Gasteiger partial charge in [0.25, 0.3) is 0 Å². The highest BCUT2D eigenvalue weighted by Crippen LogP contribution is 1.89. The first kappa shape index (κ1) is 17.9. The average molecular weight is 270 g/mol. The van der Waals surface area contributed by atoms with E-state index >= 15 is 0 Å². The average Bonchev–Trinajstić information content (AvgIpc) is 2.28. The van der Waals surface area contributed by atoms with E-state index in [0.717, 1.165) is 0 Å². The van der Waals surface area contributed by atoms with Gasteiger partial charge < -0.3 is 21.3 Å². The van der Waals surface area contributed by atoms with Crippen LogP contribution in [0.5, 0.6) is 0 Å². The second kappa shape index (κ2) is 11.1. The lowest BCUT2D eigenvalue weighted by Crippen LogP contribution is -2.32. The van der Waals surface area contributed by atoms with Gasteiger partial charge in [0.15, 0.2) is 0 Å². The van der Waals surface area contributed by atoms with Crippen molar-refractivity contribution < 1.29 is 19.4 Å². The summed E-state index contributed by atoms with van der Waals surface area (Å²) in [6.45, 7) is 0. The summed E-state index contributed by atoms with van der Waals surface area (Å²) in [6.07, 6.45) is 0.429. The quantitative estimate of drug-likeness (QED) is 0.328. The van der Waals surface area contributed by atoms with Crippen LogP contribution in [0, 0.1) is 0 Å². The summed E-state index contributed by atoms with van der Waals surface area (Å²) >= 11 is 7.59. The molecule has 0 amide bonds. The number of carbonyl (C=O) groups excluding carboxylic acids is 1. The molecule has 2 atom stereocenters. The number of methoxy groups -OCH3 is 1. The van der Waals surface area contributed by atoms with E-state index < -0.39 is 24.0 Å². The van der Waals surface area contributed by atoms with E-state index in [0.29, 0.717) is 17.9 Å². The van der Waals surface area contributed by atoms with Crippen molar-refractivity contribution in [2.45, 2.75) is 18.5 Å². The molecule has 6 nitrogen and oxygen atoms in total. The van der Waals surface area contributed by atoms with E-state index in [9.17, 15) is 9.59 Å². The topological polar surface area (TPSA) is 116 Å². The Hall–Kier alpha value is -0.440. The molecule has 0 saturated carbocycles. The van der Waals surface area contributed by atoms with Gasteiger partial charge in [-0.1, -0.05) is 0 Å². The first-order valence-electron chi connectivity index (χ1n) is 4.44. The first-order valence-corrected chi connectivity index (χ1v) is 5.70. The van der Waals surface area contributed by atoms with Gasteiger partial charge in [0, 0.05) is 5.75 Å². The lowest BCUT2D eigenvalue weighted by atomic mass is 10.2. The Morgan fingerprint density at radius 3 is 1.94 bits per heavy atom. The first-order chi connectivity index (χ1) is 7.40. The van der Waals surface area contributed by atoms with Crippen LogP contribution in [0.1, 0.15) is 6.42 Å². The fraction of sp³-hybridized carbons (Fsp3) is 0.750. The van der Waals surface area contributed by atoms with Crippen LogP contribution < -0.4 is 11.5 Å². The Bertz CT molecular complexity index is 216. The van der Waals surface area contributed by atoms with Crippen LogP contribution in [0.3, 0.4) is 0 Å². The fourth-order valence-electron chi connectivity index (χ4n) is 0.488. The van der Waals surface area contributed by atoms with Gasteiger partial charge in [0.2, 0.25) is 0 Å². The summed E-state index contributed by atoms with van der Waals surface area (Å²) in [5.74, 6) is -0.529. The molecule has 0 spiro atoms. The molecule has 0 fully saturated rings. The molecule has 0 rings (SSSR count). The predicted molar refractivity (Wildman–Crippen MR) is 67.9 cm³/mol. The minimum atomic E-state index is -0.959. The van der Waals surface area contributed by atoms with Crippen LogP contribution in [0.4, 0.5) is 0 Å². The van der Waals surface area contributed by atoms with E-state index in [4.69, 9.17) is 16.6 Å². The summed E-state index contributed by atoms with van der Waals surface area (Å²) < 4.78 is 4.29. The number of thiol groups is 2. The molecule has 16 heavy (non-hydrogen) atoms. The Kier molecular flexibility index (Phi) is 12.4.